The van der Waals surface area contributed by atoms with Crippen LogP contribution in [0.25, 0.3) is 0 Å². The number of halogens is 1. The highest BCUT2D eigenvalue weighted by atomic mass is 127. The highest BCUT2D eigenvalue weighted by Crippen LogP contribution is 2.37. The molecule has 2 amide bonds. The monoisotopic (exact) mass is 433 g/mol. The molecule has 0 fully saturated rings. The summed E-state index contributed by atoms with van der Waals surface area (Å²) in [6.45, 7) is 1.91. The molecule has 1 heterocycles. The Bertz CT molecular complexity index is 617. The molecule has 0 spiro atoms. The third-order valence-electron chi connectivity index (χ3n) is 3.12. The number of benzene rings is 1. The van der Waals surface area contributed by atoms with Gasteiger partial charge in [-0.2, -0.15) is 0 Å². The number of carbonyl (C=O) groups is 2. The topological polar surface area (TPSA) is 75.6 Å². The maximum atomic E-state index is 12.1. The number of aliphatic hydroxyl groups is 1. The van der Waals surface area contributed by atoms with E-state index >= 15 is 0 Å². The van der Waals surface area contributed by atoms with Gasteiger partial charge in [0.25, 0.3) is 5.91 Å². The molecule has 1 atom stereocenters. The molecule has 22 heavy (non-hydrogen) atoms. The van der Waals surface area contributed by atoms with Crippen LogP contribution in [0.1, 0.15) is 6.92 Å². The van der Waals surface area contributed by atoms with Crippen molar-refractivity contribution in [2.24, 2.45) is 5.92 Å². The molecule has 0 saturated heterocycles. The molecule has 1 aromatic rings. The van der Waals surface area contributed by atoms with Gasteiger partial charge in [0, 0.05) is 18.9 Å². The third-order valence-corrected chi connectivity index (χ3v) is 5.10. The van der Waals surface area contributed by atoms with Crippen LogP contribution in [-0.2, 0) is 14.3 Å². The number of rotatable bonds is 6. The Morgan fingerprint density at radius 2 is 2.18 bits per heavy atom. The molecule has 0 radical (unpaired) electrons. The summed E-state index contributed by atoms with van der Waals surface area (Å²) < 4.78 is 6.38. The second-order valence-corrected chi connectivity index (χ2v) is 7.08. The van der Waals surface area contributed by atoms with Crippen LogP contribution < -0.4 is 5.32 Å². The minimum Gasteiger partial charge on any atom is -0.394 e. The minimum atomic E-state index is -0.535. The van der Waals surface area contributed by atoms with E-state index in [1.54, 1.807) is 6.92 Å². The normalized spacial score (nSPS) is 18.6. The van der Waals surface area contributed by atoms with E-state index in [-0.39, 0.29) is 31.6 Å². The fourth-order valence-electron chi connectivity index (χ4n) is 2.01. The van der Waals surface area contributed by atoms with Gasteiger partial charge >= 0.3 is 0 Å². The summed E-state index contributed by atoms with van der Waals surface area (Å²) in [5, 5.41) is 11.1. The molecule has 2 N–H and O–H groups in total. The molecule has 0 saturated carbocycles. The van der Waals surface area contributed by atoms with Crippen molar-refractivity contribution >= 4 is 46.2 Å². The van der Waals surface area contributed by atoms with Gasteiger partial charge in [0.15, 0.2) is 0 Å². The molecule has 0 aromatic heterocycles. The number of aliphatic hydroxyl groups excluding tert-OH is 1. The highest BCUT2D eigenvalue weighted by molar-refractivity contribution is 14.1. The van der Waals surface area contributed by atoms with E-state index in [0.717, 1.165) is 8.47 Å². The van der Waals surface area contributed by atoms with Crippen molar-refractivity contribution < 1.29 is 19.4 Å². The van der Waals surface area contributed by atoms with E-state index in [4.69, 9.17) is 9.84 Å². The number of ether oxygens (including phenoxy) is 1. The first kappa shape index (κ1) is 17.5. The molecule has 1 aromatic carbocycles. The van der Waals surface area contributed by atoms with Crippen LogP contribution >= 0.6 is 34.4 Å². The van der Waals surface area contributed by atoms with Crippen molar-refractivity contribution in [3.8, 4) is 0 Å². The molecule has 118 valence electrons. The zero-order chi connectivity index (χ0) is 16.1. The second-order valence-electron chi connectivity index (χ2n) is 4.72. The van der Waals surface area contributed by atoms with Gasteiger partial charge in [-0.15, -0.1) is 0 Å². The molecule has 1 aliphatic rings. The zero-order valence-electron chi connectivity index (χ0n) is 12.0. The summed E-state index contributed by atoms with van der Waals surface area (Å²) in [7, 11) is 0. The number of hydrogen-bond donors (Lipinski definition) is 2. The summed E-state index contributed by atoms with van der Waals surface area (Å²) in [6.07, 6.45) is 0. The number of nitrogens with one attached hydrogen (secondary N) is 1. The van der Waals surface area contributed by atoms with Gasteiger partial charge in [-0.1, -0.05) is 17.8 Å². The van der Waals surface area contributed by atoms with Crippen LogP contribution in [0.2, 0.25) is 0 Å². The van der Waals surface area contributed by atoms with Gasteiger partial charge < -0.3 is 9.84 Å². The van der Waals surface area contributed by atoms with Crippen molar-refractivity contribution in [2.45, 2.75) is 11.8 Å². The number of imide groups is 1. The number of hydrogen-bond acceptors (Lipinski definition) is 5. The van der Waals surface area contributed by atoms with E-state index in [1.807, 2.05) is 24.3 Å². The molecule has 2 rings (SSSR count). The van der Waals surface area contributed by atoms with Crippen LogP contribution in [0.15, 0.2) is 39.6 Å². The molecule has 1 unspecified atom stereocenters. The molecule has 0 aliphatic carbocycles. The molecule has 0 bridgehead atoms. The predicted molar refractivity (Wildman–Crippen MR) is 92.3 cm³/mol. The second kappa shape index (κ2) is 8.09. The first-order valence-corrected chi connectivity index (χ1v) is 8.60. The van der Waals surface area contributed by atoms with Gasteiger partial charge in [0.05, 0.1) is 25.7 Å². The van der Waals surface area contributed by atoms with Crippen molar-refractivity contribution in [2.75, 3.05) is 19.8 Å². The lowest BCUT2D eigenvalue weighted by molar-refractivity contribution is -0.132. The van der Waals surface area contributed by atoms with Crippen molar-refractivity contribution in [1.29, 1.82) is 0 Å². The number of thioether (sulfide) groups is 1. The smallest absolute Gasteiger partial charge is 0.254 e. The van der Waals surface area contributed by atoms with Crippen LogP contribution in [0.4, 0.5) is 0 Å². The van der Waals surface area contributed by atoms with Crippen LogP contribution in [0.5, 0.6) is 0 Å². The maximum absolute atomic E-state index is 12.1. The average molecular weight is 433 g/mol. The van der Waals surface area contributed by atoms with Crippen molar-refractivity contribution in [3.63, 3.8) is 0 Å². The number of carbonyl (C=O) groups excluding carboxylic acids is 2. The fraction of sp³-hybridized carbons (Fsp3) is 0.333. The first-order valence-electron chi connectivity index (χ1n) is 6.71. The lowest BCUT2D eigenvalue weighted by Crippen LogP contribution is -2.43. The Balaban J connectivity index is 2.26. The maximum Gasteiger partial charge on any atom is 0.254 e. The predicted octanol–water partition coefficient (Wildman–Crippen LogP) is 1.94. The van der Waals surface area contributed by atoms with Crippen LogP contribution in [0.3, 0.4) is 0 Å². The Morgan fingerprint density at radius 1 is 1.41 bits per heavy atom. The Labute approximate surface area is 146 Å². The molecule has 7 heteroatoms. The number of amides is 2. The zero-order valence-corrected chi connectivity index (χ0v) is 14.9. The summed E-state index contributed by atoms with van der Waals surface area (Å²) in [4.78, 5) is 25.6. The van der Waals surface area contributed by atoms with Gasteiger partial charge in [-0.05, 0) is 47.7 Å². The SMILES string of the molecule is CC1=C(Sc2cccc(I)c2)C(COCCO)C(=O)NC1=O. The first-order chi connectivity index (χ1) is 10.5. The van der Waals surface area contributed by atoms with E-state index in [2.05, 4.69) is 27.9 Å². The summed E-state index contributed by atoms with van der Waals surface area (Å²) in [5.41, 5.74) is 0.529. The largest absolute Gasteiger partial charge is 0.394 e. The quantitative estimate of drug-likeness (QED) is 0.408. The van der Waals surface area contributed by atoms with Crippen LogP contribution in [0, 0.1) is 9.49 Å². The van der Waals surface area contributed by atoms with Gasteiger partial charge in [0.1, 0.15) is 0 Å². The van der Waals surface area contributed by atoms with Crippen LogP contribution in [-0.4, -0.2) is 36.7 Å². The third kappa shape index (κ3) is 4.31. The van der Waals surface area contributed by atoms with E-state index in [0.29, 0.717) is 10.5 Å². The minimum absolute atomic E-state index is 0.102. The summed E-state index contributed by atoms with van der Waals surface area (Å²) in [6, 6.07) is 7.85. The summed E-state index contributed by atoms with van der Waals surface area (Å²) in [5.74, 6) is -1.26. The Kier molecular flexibility index (Phi) is 6.42. The van der Waals surface area contributed by atoms with Gasteiger partial charge in [-0.3, -0.25) is 14.9 Å². The molecular weight excluding hydrogens is 417 g/mol. The van der Waals surface area contributed by atoms with E-state index in [9.17, 15) is 9.59 Å². The molecular formula is C15H16INO4S. The van der Waals surface area contributed by atoms with Crippen molar-refractivity contribution in [3.05, 3.63) is 38.3 Å². The lowest BCUT2D eigenvalue weighted by Gasteiger charge is -2.25. The summed E-state index contributed by atoms with van der Waals surface area (Å²) >= 11 is 3.63. The van der Waals surface area contributed by atoms with Gasteiger partial charge in [0.2, 0.25) is 5.91 Å². The lowest BCUT2D eigenvalue weighted by atomic mass is 10.0. The van der Waals surface area contributed by atoms with E-state index in [1.165, 1.54) is 11.8 Å². The van der Waals surface area contributed by atoms with Crippen molar-refractivity contribution in [1.82, 2.24) is 5.32 Å². The van der Waals surface area contributed by atoms with E-state index < -0.39 is 5.92 Å². The highest BCUT2D eigenvalue weighted by Gasteiger charge is 2.33. The Morgan fingerprint density at radius 3 is 2.86 bits per heavy atom. The Hall–Kier alpha value is -0.900. The molecule has 1 aliphatic heterocycles. The van der Waals surface area contributed by atoms with Gasteiger partial charge in [-0.25, -0.2) is 0 Å². The molecule has 5 nitrogen and oxygen atoms in total. The standard InChI is InChI=1S/C15H16INO4S/c1-9-13(22-11-4-2-3-10(16)7-11)12(8-21-6-5-18)15(20)17-14(9)19/h2-4,7,12,18H,5-6,8H2,1H3,(H,17,19,20). The average Bonchev–Trinajstić information content (AvgIpc) is 2.48. The fourth-order valence-corrected chi connectivity index (χ4v) is 3.91.